The van der Waals surface area contributed by atoms with E-state index in [9.17, 15) is 9.59 Å². The summed E-state index contributed by atoms with van der Waals surface area (Å²) in [5.41, 5.74) is -0.639. The maximum Gasteiger partial charge on any atom is 0.371 e. The molecule has 0 unspecified atom stereocenters. The van der Waals surface area contributed by atoms with E-state index in [4.69, 9.17) is 37.5 Å². The molecule has 0 saturated heterocycles. The second-order valence-electron chi connectivity index (χ2n) is 3.43. The lowest BCUT2D eigenvalue weighted by Gasteiger charge is -2.07. The first-order valence-corrected chi connectivity index (χ1v) is 5.72. The molecule has 0 amide bonds. The van der Waals surface area contributed by atoms with Crippen LogP contribution >= 0.6 is 23.2 Å². The molecule has 0 spiro atoms. The Hall–Kier alpha value is -1.98. The molecule has 1 heterocycles. The first-order chi connectivity index (χ1) is 8.99. The highest BCUT2D eigenvalue weighted by Crippen LogP contribution is 2.33. The summed E-state index contributed by atoms with van der Waals surface area (Å²) in [6.07, 6.45) is 0.906. The zero-order chi connectivity index (χ0) is 14.0. The van der Waals surface area contributed by atoms with Gasteiger partial charge in [0.1, 0.15) is 17.0 Å². The highest BCUT2D eigenvalue weighted by Gasteiger charge is 2.13. The Bertz CT molecular complexity index is 693. The summed E-state index contributed by atoms with van der Waals surface area (Å²) >= 11 is 11.7. The van der Waals surface area contributed by atoms with E-state index >= 15 is 0 Å². The zero-order valence-corrected chi connectivity index (χ0v) is 10.7. The summed E-state index contributed by atoms with van der Waals surface area (Å²) < 4.78 is 9.98. The number of benzene rings is 1. The van der Waals surface area contributed by atoms with E-state index in [0.717, 1.165) is 12.3 Å². The number of hydrogen-bond donors (Lipinski definition) is 1. The minimum absolute atomic E-state index is 0.144. The van der Waals surface area contributed by atoms with Crippen molar-refractivity contribution in [2.24, 2.45) is 0 Å². The molecular formula is C12H6Cl2O5. The van der Waals surface area contributed by atoms with Gasteiger partial charge in [-0.05, 0) is 12.1 Å². The van der Waals surface area contributed by atoms with Gasteiger partial charge in [0.05, 0.1) is 5.02 Å². The van der Waals surface area contributed by atoms with Crippen LogP contribution in [0.3, 0.4) is 0 Å². The van der Waals surface area contributed by atoms with Gasteiger partial charge in [0.15, 0.2) is 0 Å². The standard InChI is InChI=1S/C12H6Cl2O5/c13-6-2-1-3-8(11(6)14)19-10-5-18-9(12(16)17)4-7(10)15/h1-5H,(H,16,17). The second-order valence-corrected chi connectivity index (χ2v) is 4.22. The SMILES string of the molecule is O=C(O)c1cc(=O)c(Oc2cccc(Cl)c2Cl)co1. The van der Waals surface area contributed by atoms with E-state index in [0.29, 0.717) is 0 Å². The van der Waals surface area contributed by atoms with E-state index in [1.807, 2.05) is 0 Å². The lowest BCUT2D eigenvalue weighted by molar-refractivity contribution is 0.0659. The Morgan fingerprint density at radius 2 is 2.00 bits per heavy atom. The number of carboxylic acids is 1. The number of hydrogen-bond acceptors (Lipinski definition) is 4. The lowest BCUT2D eigenvalue weighted by atomic mass is 10.3. The highest BCUT2D eigenvalue weighted by molar-refractivity contribution is 6.42. The van der Waals surface area contributed by atoms with Gasteiger partial charge < -0.3 is 14.3 Å². The van der Waals surface area contributed by atoms with Crippen molar-refractivity contribution in [3.8, 4) is 11.5 Å². The molecule has 0 fully saturated rings. The van der Waals surface area contributed by atoms with Crippen LogP contribution in [0.15, 0.2) is 39.7 Å². The van der Waals surface area contributed by atoms with Gasteiger partial charge in [-0.15, -0.1) is 0 Å². The normalized spacial score (nSPS) is 10.2. The van der Waals surface area contributed by atoms with Crippen LogP contribution in [0.2, 0.25) is 10.0 Å². The quantitative estimate of drug-likeness (QED) is 0.939. The van der Waals surface area contributed by atoms with Gasteiger partial charge in [0.2, 0.25) is 16.9 Å². The van der Waals surface area contributed by atoms with Crippen LogP contribution in [0.5, 0.6) is 11.5 Å². The van der Waals surface area contributed by atoms with Crippen LogP contribution in [-0.2, 0) is 0 Å². The zero-order valence-electron chi connectivity index (χ0n) is 9.22. The van der Waals surface area contributed by atoms with E-state index in [1.165, 1.54) is 6.07 Å². The highest BCUT2D eigenvalue weighted by atomic mass is 35.5. The molecule has 1 N–H and O–H groups in total. The Morgan fingerprint density at radius 1 is 1.26 bits per heavy atom. The van der Waals surface area contributed by atoms with Crippen LogP contribution in [0.1, 0.15) is 10.6 Å². The smallest absolute Gasteiger partial charge is 0.371 e. The van der Waals surface area contributed by atoms with Gasteiger partial charge in [-0.2, -0.15) is 0 Å². The lowest BCUT2D eigenvalue weighted by Crippen LogP contribution is -2.07. The molecule has 0 radical (unpaired) electrons. The third kappa shape index (κ3) is 2.89. The maximum absolute atomic E-state index is 11.6. The molecule has 0 aliphatic heterocycles. The van der Waals surface area contributed by atoms with Crippen molar-refractivity contribution in [2.75, 3.05) is 0 Å². The van der Waals surface area contributed by atoms with E-state index in [-0.39, 0.29) is 21.5 Å². The molecule has 98 valence electrons. The average molecular weight is 301 g/mol. The number of aromatic carboxylic acids is 1. The fraction of sp³-hybridized carbons (Fsp3) is 0. The number of carboxylic acid groups (broad SMARTS) is 1. The minimum Gasteiger partial charge on any atom is -0.475 e. The number of halogens is 2. The van der Waals surface area contributed by atoms with Crippen molar-refractivity contribution < 1.29 is 19.1 Å². The van der Waals surface area contributed by atoms with Gasteiger partial charge in [-0.25, -0.2) is 4.79 Å². The van der Waals surface area contributed by atoms with Crippen molar-refractivity contribution >= 4 is 29.2 Å². The molecule has 1 aromatic carbocycles. The maximum atomic E-state index is 11.6. The molecule has 0 aliphatic carbocycles. The van der Waals surface area contributed by atoms with Gasteiger partial charge >= 0.3 is 5.97 Å². The molecule has 1 aromatic heterocycles. The predicted octanol–water partition coefficient (Wildman–Crippen LogP) is 3.44. The van der Waals surface area contributed by atoms with Crippen molar-refractivity contribution in [1.82, 2.24) is 0 Å². The molecule has 5 nitrogen and oxygen atoms in total. The van der Waals surface area contributed by atoms with Crippen LogP contribution in [-0.4, -0.2) is 11.1 Å². The van der Waals surface area contributed by atoms with E-state index in [2.05, 4.69) is 0 Å². The summed E-state index contributed by atoms with van der Waals surface area (Å²) in [5, 5.41) is 9.07. The Morgan fingerprint density at radius 3 is 2.63 bits per heavy atom. The molecule has 2 aromatic rings. The van der Waals surface area contributed by atoms with Crippen LogP contribution in [0.25, 0.3) is 0 Å². The third-order valence-corrected chi connectivity index (χ3v) is 2.95. The number of ether oxygens (including phenoxy) is 1. The Kier molecular flexibility index (Phi) is 3.78. The van der Waals surface area contributed by atoms with E-state index < -0.39 is 17.2 Å². The summed E-state index contributed by atoms with van der Waals surface area (Å²) in [6.45, 7) is 0. The number of rotatable bonds is 3. The van der Waals surface area contributed by atoms with Crippen molar-refractivity contribution in [1.29, 1.82) is 0 Å². The summed E-state index contributed by atoms with van der Waals surface area (Å²) in [5.74, 6) is -1.84. The molecule has 0 atom stereocenters. The third-order valence-electron chi connectivity index (χ3n) is 2.14. The summed E-state index contributed by atoms with van der Waals surface area (Å²) in [4.78, 5) is 22.2. The minimum atomic E-state index is -1.34. The van der Waals surface area contributed by atoms with Crippen molar-refractivity contribution in [2.45, 2.75) is 0 Å². The molecule has 19 heavy (non-hydrogen) atoms. The molecular weight excluding hydrogens is 295 g/mol. The first kappa shape index (κ1) is 13.5. The molecule has 0 saturated carbocycles. The van der Waals surface area contributed by atoms with E-state index in [1.54, 1.807) is 12.1 Å². The van der Waals surface area contributed by atoms with Crippen LogP contribution in [0.4, 0.5) is 0 Å². The first-order valence-electron chi connectivity index (χ1n) is 4.97. The Balaban J connectivity index is 2.37. The van der Waals surface area contributed by atoms with Gasteiger partial charge in [-0.3, -0.25) is 4.79 Å². The molecule has 7 heteroatoms. The fourth-order valence-corrected chi connectivity index (χ4v) is 1.60. The number of carbonyl (C=O) groups is 1. The molecule has 0 aliphatic rings. The largest absolute Gasteiger partial charge is 0.475 e. The van der Waals surface area contributed by atoms with Crippen molar-refractivity contribution in [3.63, 3.8) is 0 Å². The van der Waals surface area contributed by atoms with Gasteiger partial charge in [0, 0.05) is 6.07 Å². The second kappa shape index (κ2) is 5.34. The van der Waals surface area contributed by atoms with Crippen LogP contribution in [0, 0.1) is 0 Å². The average Bonchev–Trinajstić information content (AvgIpc) is 2.37. The summed E-state index contributed by atoms with van der Waals surface area (Å²) in [7, 11) is 0. The van der Waals surface area contributed by atoms with Gasteiger partial charge in [-0.1, -0.05) is 29.3 Å². The monoisotopic (exact) mass is 300 g/mol. The molecule has 2 rings (SSSR count). The summed E-state index contributed by atoms with van der Waals surface area (Å²) in [6, 6.07) is 5.48. The van der Waals surface area contributed by atoms with Crippen LogP contribution < -0.4 is 10.2 Å². The van der Waals surface area contributed by atoms with Gasteiger partial charge in [0.25, 0.3) is 0 Å². The Labute approximate surface area is 116 Å². The topological polar surface area (TPSA) is 76.7 Å². The molecule has 0 bridgehead atoms. The van der Waals surface area contributed by atoms with Crippen molar-refractivity contribution in [3.05, 3.63) is 56.6 Å². The predicted molar refractivity (Wildman–Crippen MR) is 68.5 cm³/mol. The fourth-order valence-electron chi connectivity index (χ4n) is 1.27.